The molecule has 0 spiro atoms. The highest BCUT2D eigenvalue weighted by Crippen LogP contribution is 2.17. The van der Waals surface area contributed by atoms with Crippen LogP contribution in [0, 0.1) is 5.82 Å². The van der Waals surface area contributed by atoms with Gasteiger partial charge in [-0.05, 0) is 48.7 Å². The molecule has 0 aliphatic carbocycles. The van der Waals surface area contributed by atoms with Crippen LogP contribution < -0.4 is 10.6 Å². The lowest BCUT2D eigenvalue weighted by Gasteiger charge is -2.07. The maximum Gasteiger partial charge on any atom is 0.251 e. The van der Waals surface area contributed by atoms with Crippen molar-refractivity contribution in [1.29, 1.82) is 0 Å². The molecule has 0 atom stereocenters. The van der Waals surface area contributed by atoms with Crippen LogP contribution >= 0.6 is 11.8 Å². The van der Waals surface area contributed by atoms with Crippen molar-refractivity contribution >= 4 is 29.3 Å². The molecule has 114 valence electrons. The zero-order valence-electron chi connectivity index (χ0n) is 11.9. The first-order valence-corrected chi connectivity index (χ1v) is 7.78. The normalized spacial score (nSPS) is 10.1. The van der Waals surface area contributed by atoms with E-state index in [4.69, 9.17) is 0 Å². The Hall–Kier alpha value is -2.34. The summed E-state index contributed by atoms with van der Waals surface area (Å²) in [6, 6.07) is 12.7. The second-order valence-electron chi connectivity index (χ2n) is 4.47. The van der Waals surface area contributed by atoms with Crippen LogP contribution in [0.25, 0.3) is 0 Å². The van der Waals surface area contributed by atoms with Crippen LogP contribution in [0.2, 0.25) is 0 Å². The molecule has 0 fully saturated rings. The number of anilines is 1. The molecule has 2 rings (SSSR count). The summed E-state index contributed by atoms with van der Waals surface area (Å²) in [5, 5.41) is 5.12. The molecule has 0 radical (unpaired) electrons. The topological polar surface area (TPSA) is 58.2 Å². The molecule has 22 heavy (non-hydrogen) atoms. The maximum absolute atomic E-state index is 13.0. The minimum absolute atomic E-state index is 0.178. The van der Waals surface area contributed by atoms with Gasteiger partial charge < -0.3 is 10.6 Å². The van der Waals surface area contributed by atoms with Gasteiger partial charge in [-0.25, -0.2) is 4.39 Å². The van der Waals surface area contributed by atoms with Gasteiger partial charge in [-0.1, -0.05) is 6.07 Å². The van der Waals surface area contributed by atoms with E-state index in [0.717, 1.165) is 11.0 Å². The summed E-state index contributed by atoms with van der Waals surface area (Å²) in [7, 11) is 0. The third-order valence-corrected chi connectivity index (χ3v) is 3.61. The van der Waals surface area contributed by atoms with Gasteiger partial charge in [0, 0.05) is 16.1 Å². The highest BCUT2D eigenvalue weighted by molar-refractivity contribution is 7.98. The molecular weight excluding hydrogens is 303 g/mol. The van der Waals surface area contributed by atoms with Gasteiger partial charge in [0.25, 0.3) is 5.91 Å². The van der Waals surface area contributed by atoms with Crippen LogP contribution in [-0.2, 0) is 4.79 Å². The summed E-state index contributed by atoms with van der Waals surface area (Å²) < 4.78 is 13.0. The standard InChI is InChI=1S/C16H15FN2O2S/c1-22-14-7-5-13(6-8-14)19-15(20)10-18-16(21)11-3-2-4-12(17)9-11/h2-9H,10H2,1H3,(H,18,21)(H,19,20). The Morgan fingerprint density at radius 2 is 1.86 bits per heavy atom. The maximum atomic E-state index is 13.0. The SMILES string of the molecule is CSc1ccc(NC(=O)CNC(=O)c2cccc(F)c2)cc1. The van der Waals surface area contributed by atoms with E-state index in [0.29, 0.717) is 5.69 Å². The number of hydrogen-bond donors (Lipinski definition) is 2. The number of hydrogen-bond acceptors (Lipinski definition) is 3. The van der Waals surface area contributed by atoms with Crippen LogP contribution in [0.5, 0.6) is 0 Å². The van der Waals surface area contributed by atoms with Gasteiger partial charge in [-0.15, -0.1) is 11.8 Å². The Balaban J connectivity index is 1.85. The number of rotatable bonds is 5. The largest absolute Gasteiger partial charge is 0.343 e. The first kappa shape index (κ1) is 16.0. The van der Waals surface area contributed by atoms with E-state index in [9.17, 15) is 14.0 Å². The third-order valence-electron chi connectivity index (χ3n) is 2.87. The van der Waals surface area contributed by atoms with E-state index in [-0.39, 0.29) is 18.0 Å². The molecule has 0 heterocycles. The summed E-state index contributed by atoms with van der Waals surface area (Å²) in [4.78, 5) is 24.6. The predicted molar refractivity (Wildman–Crippen MR) is 85.6 cm³/mol. The third kappa shape index (κ3) is 4.60. The van der Waals surface area contributed by atoms with Gasteiger partial charge in [0.2, 0.25) is 5.91 Å². The highest BCUT2D eigenvalue weighted by Gasteiger charge is 2.09. The van der Waals surface area contributed by atoms with Gasteiger partial charge in [0.15, 0.2) is 0 Å². The molecule has 0 bridgehead atoms. The summed E-state index contributed by atoms with van der Waals surface area (Å²) in [5.74, 6) is -1.33. The fourth-order valence-electron chi connectivity index (χ4n) is 1.77. The summed E-state index contributed by atoms with van der Waals surface area (Å²) in [5.41, 5.74) is 0.833. The Kier molecular flexibility index (Phi) is 5.55. The number of amides is 2. The minimum atomic E-state index is -0.494. The first-order chi connectivity index (χ1) is 10.6. The lowest BCUT2D eigenvalue weighted by atomic mass is 10.2. The van der Waals surface area contributed by atoms with Crippen molar-refractivity contribution in [2.24, 2.45) is 0 Å². The molecule has 2 N–H and O–H groups in total. The molecule has 0 saturated carbocycles. The summed E-state index contributed by atoms with van der Waals surface area (Å²) >= 11 is 1.61. The van der Waals surface area contributed by atoms with Gasteiger partial charge in [0.05, 0.1) is 6.54 Å². The van der Waals surface area contributed by atoms with E-state index in [1.54, 1.807) is 23.9 Å². The van der Waals surface area contributed by atoms with Crippen LogP contribution in [0.3, 0.4) is 0 Å². The van der Waals surface area contributed by atoms with Crippen LogP contribution in [0.15, 0.2) is 53.4 Å². The summed E-state index contributed by atoms with van der Waals surface area (Å²) in [6.45, 7) is -0.181. The van der Waals surface area contributed by atoms with Crippen LogP contribution in [0.1, 0.15) is 10.4 Å². The number of halogens is 1. The zero-order valence-corrected chi connectivity index (χ0v) is 12.7. The van der Waals surface area contributed by atoms with Gasteiger partial charge in [-0.3, -0.25) is 9.59 Å². The number of carbonyl (C=O) groups excluding carboxylic acids is 2. The van der Waals surface area contributed by atoms with Gasteiger partial charge in [-0.2, -0.15) is 0 Å². The molecule has 2 aromatic carbocycles. The van der Waals surface area contributed by atoms with Crippen molar-refractivity contribution in [2.75, 3.05) is 18.1 Å². The average Bonchev–Trinajstić information content (AvgIpc) is 2.53. The fourth-order valence-corrected chi connectivity index (χ4v) is 2.18. The lowest BCUT2D eigenvalue weighted by molar-refractivity contribution is -0.115. The second-order valence-corrected chi connectivity index (χ2v) is 5.35. The lowest BCUT2D eigenvalue weighted by Crippen LogP contribution is -2.32. The zero-order chi connectivity index (χ0) is 15.9. The molecule has 0 aliphatic heterocycles. The van der Waals surface area contributed by atoms with Crippen molar-refractivity contribution in [1.82, 2.24) is 5.32 Å². The first-order valence-electron chi connectivity index (χ1n) is 6.56. The molecule has 2 aromatic rings. The molecule has 0 unspecified atom stereocenters. The molecule has 0 aliphatic rings. The molecule has 2 amide bonds. The Bertz CT molecular complexity index is 674. The number of nitrogens with one attached hydrogen (secondary N) is 2. The average molecular weight is 318 g/mol. The molecule has 4 nitrogen and oxygen atoms in total. The molecular formula is C16H15FN2O2S. The molecule has 0 saturated heterocycles. The van der Waals surface area contributed by atoms with Crippen LogP contribution in [-0.4, -0.2) is 24.6 Å². The van der Waals surface area contributed by atoms with E-state index in [1.165, 1.54) is 18.2 Å². The van der Waals surface area contributed by atoms with Crippen LogP contribution in [0.4, 0.5) is 10.1 Å². The smallest absolute Gasteiger partial charge is 0.251 e. The Labute approximate surface area is 132 Å². The van der Waals surface area contributed by atoms with E-state index in [1.807, 2.05) is 18.4 Å². The van der Waals surface area contributed by atoms with Crippen molar-refractivity contribution in [3.05, 3.63) is 59.9 Å². The van der Waals surface area contributed by atoms with E-state index in [2.05, 4.69) is 10.6 Å². The highest BCUT2D eigenvalue weighted by atomic mass is 32.2. The number of carbonyl (C=O) groups is 2. The quantitative estimate of drug-likeness (QED) is 0.834. The minimum Gasteiger partial charge on any atom is -0.343 e. The molecule has 6 heteroatoms. The van der Waals surface area contributed by atoms with Gasteiger partial charge >= 0.3 is 0 Å². The fraction of sp³-hybridized carbons (Fsp3) is 0.125. The number of thioether (sulfide) groups is 1. The number of benzene rings is 2. The monoisotopic (exact) mass is 318 g/mol. The summed E-state index contributed by atoms with van der Waals surface area (Å²) in [6.07, 6.45) is 1.97. The molecule has 0 aromatic heterocycles. The van der Waals surface area contributed by atoms with Gasteiger partial charge in [0.1, 0.15) is 5.82 Å². The Morgan fingerprint density at radius 3 is 2.50 bits per heavy atom. The van der Waals surface area contributed by atoms with E-state index >= 15 is 0 Å². The van der Waals surface area contributed by atoms with Crippen molar-refractivity contribution in [2.45, 2.75) is 4.90 Å². The predicted octanol–water partition coefficient (Wildman–Crippen LogP) is 2.92. The second kappa shape index (κ2) is 7.61. The van der Waals surface area contributed by atoms with Crippen molar-refractivity contribution in [3.63, 3.8) is 0 Å². The van der Waals surface area contributed by atoms with Crippen molar-refractivity contribution in [3.8, 4) is 0 Å². The Morgan fingerprint density at radius 1 is 1.14 bits per heavy atom. The van der Waals surface area contributed by atoms with E-state index < -0.39 is 11.7 Å². The van der Waals surface area contributed by atoms with Crippen molar-refractivity contribution < 1.29 is 14.0 Å².